The molecule has 0 aliphatic carbocycles. The maximum Gasteiger partial charge on any atom is 0.341 e. The van der Waals surface area contributed by atoms with Crippen LogP contribution in [0.3, 0.4) is 0 Å². The van der Waals surface area contributed by atoms with Gasteiger partial charge in [0.25, 0.3) is 0 Å². The van der Waals surface area contributed by atoms with E-state index in [1.54, 1.807) is 19.0 Å². The van der Waals surface area contributed by atoms with Crippen molar-refractivity contribution >= 4 is 50.3 Å². The van der Waals surface area contributed by atoms with Gasteiger partial charge >= 0.3 is 5.97 Å². The number of pyridine rings is 3. The van der Waals surface area contributed by atoms with E-state index in [2.05, 4.69) is 20.3 Å². The first kappa shape index (κ1) is 27.5. The molecule has 0 spiro atoms. The van der Waals surface area contributed by atoms with Gasteiger partial charge in [0.2, 0.25) is 5.43 Å². The molecule has 1 unspecified atom stereocenters. The zero-order valence-corrected chi connectivity index (χ0v) is 23.3. The summed E-state index contributed by atoms with van der Waals surface area (Å²) in [5.41, 5.74) is 1.23. The summed E-state index contributed by atoms with van der Waals surface area (Å²) in [5, 5.41) is 12.7. The first-order valence-corrected chi connectivity index (χ1v) is 13.3. The van der Waals surface area contributed by atoms with Crippen molar-refractivity contribution in [3.05, 3.63) is 58.1 Å². The van der Waals surface area contributed by atoms with Crippen LogP contribution >= 0.6 is 0 Å². The Morgan fingerprint density at radius 2 is 1.95 bits per heavy atom. The van der Waals surface area contributed by atoms with Crippen molar-refractivity contribution in [1.29, 1.82) is 0 Å². The average Bonchev–Trinajstić information content (AvgIpc) is 3.51. The monoisotopic (exact) mass is 579 g/mol. The zero-order valence-electron chi connectivity index (χ0n) is 23.3. The van der Waals surface area contributed by atoms with Gasteiger partial charge in [-0.3, -0.25) is 4.79 Å². The molecule has 1 fully saturated rings. The average molecular weight is 580 g/mol. The van der Waals surface area contributed by atoms with E-state index in [0.29, 0.717) is 41.1 Å². The molecule has 218 valence electrons. The molecule has 42 heavy (non-hydrogen) atoms. The Bertz CT molecular complexity index is 1970. The number of benzene rings is 1. The van der Waals surface area contributed by atoms with E-state index in [9.17, 15) is 19.1 Å². The number of aromatic nitrogens is 4. The van der Waals surface area contributed by atoms with Crippen LogP contribution in [0.5, 0.6) is 0 Å². The molecule has 4 aromatic heterocycles. The SMILES string of the molecule is CNc1cc(F)c(F)c2c1[nH]c1ncc(-c3cnc4c(c3)c(=O)c(C(=O)O)cn4C)c(N3CC(F)[C@@H](CN(C)C)C3)c12. The van der Waals surface area contributed by atoms with E-state index in [0.717, 1.165) is 6.07 Å². The fraction of sp³-hybridized carbons (Fsp3) is 0.310. The lowest BCUT2D eigenvalue weighted by Gasteiger charge is -2.24. The fourth-order valence-electron chi connectivity index (χ4n) is 6.00. The summed E-state index contributed by atoms with van der Waals surface area (Å²) >= 11 is 0. The van der Waals surface area contributed by atoms with Crippen LogP contribution in [0.25, 0.3) is 44.1 Å². The molecule has 1 aliphatic rings. The molecule has 2 atom stereocenters. The largest absolute Gasteiger partial charge is 0.477 e. The van der Waals surface area contributed by atoms with Crippen LogP contribution in [0.4, 0.5) is 24.5 Å². The number of nitrogens with zero attached hydrogens (tertiary/aromatic N) is 5. The van der Waals surface area contributed by atoms with Crippen LogP contribution in [-0.2, 0) is 7.05 Å². The Balaban J connectivity index is 1.68. The third kappa shape index (κ3) is 4.23. The van der Waals surface area contributed by atoms with Gasteiger partial charge in [0, 0.05) is 75.4 Å². The normalized spacial score (nSPS) is 17.3. The molecule has 5 heterocycles. The highest BCUT2D eigenvalue weighted by Gasteiger charge is 2.36. The van der Waals surface area contributed by atoms with Crippen molar-refractivity contribution in [3.63, 3.8) is 0 Å². The van der Waals surface area contributed by atoms with E-state index >= 15 is 8.78 Å². The number of aromatic carboxylic acids is 1. The number of H-pyrrole nitrogens is 1. The molecule has 0 radical (unpaired) electrons. The first-order chi connectivity index (χ1) is 20.0. The number of carboxylic acid groups (broad SMARTS) is 1. The predicted molar refractivity (Wildman–Crippen MR) is 155 cm³/mol. The van der Waals surface area contributed by atoms with E-state index < -0.39 is 34.8 Å². The summed E-state index contributed by atoms with van der Waals surface area (Å²) in [6, 6.07) is 2.56. The number of hydrogen-bond acceptors (Lipinski definition) is 7. The molecule has 6 rings (SSSR count). The fourth-order valence-corrected chi connectivity index (χ4v) is 6.00. The number of nitrogens with one attached hydrogen (secondary N) is 2. The van der Waals surface area contributed by atoms with Gasteiger partial charge in [-0.05, 0) is 20.2 Å². The van der Waals surface area contributed by atoms with Crippen LogP contribution in [0.2, 0.25) is 0 Å². The molecule has 0 saturated carbocycles. The van der Waals surface area contributed by atoms with Gasteiger partial charge in [-0.25, -0.2) is 27.9 Å². The Morgan fingerprint density at radius 1 is 1.19 bits per heavy atom. The standard InChI is InChI=1S/C29H28F3N7O3/c1-33-20-6-18(30)23(32)21-22-25(39-10-14(9-37(2)3)19(31)12-39)16(8-34-27(22)36-24(20)21)13-5-15-26(40)17(29(41)42)11-38(4)28(15)35-7-13/h5-8,11,14,19,33H,9-10,12H2,1-4H3,(H,34,36)(H,41,42)/t14-,19?/m0/s1. The second-order valence-corrected chi connectivity index (χ2v) is 10.9. The van der Waals surface area contributed by atoms with Gasteiger partial charge in [-0.1, -0.05) is 0 Å². The number of halogens is 3. The minimum atomic E-state index is -1.37. The molecule has 10 nitrogen and oxygen atoms in total. The second-order valence-electron chi connectivity index (χ2n) is 10.9. The van der Waals surface area contributed by atoms with Crippen molar-refractivity contribution in [2.45, 2.75) is 6.17 Å². The maximum atomic E-state index is 15.6. The summed E-state index contributed by atoms with van der Waals surface area (Å²) in [6.45, 7) is 0.770. The first-order valence-electron chi connectivity index (χ1n) is 13.3. The van der Waals surface area contributed by atoms with Crippen LogP contribution in [0.1, 0.15) is 10.4 Å². The Morgan fingerprint density at radius 3 is 2.64 bits per heavy atom. The minimum absolute atomic E-state index is 0.000942. The summed E-state index contributed by atoms with van der Waals surface area (Å²) < 4.78 is 47.3. The highest BCUT2D eigenvalue weighted by molar-refractivity contribution is 6.18. The maximum absolute atomic E-state index is 15.6. The molecule has 1 saturated heterocycles. The number of alkyl halides is 1. The number of anilines is 2. The molecule has 13 heteroatoms. The van der Waals surface area contributed by atoms with E-state index in [-0.39, 0.29) is 39.9 Å². The predicted octanol–water partition coefficient (Wildman–Crippen LogP) is 3.98. The smallest absolute Gasteiger partial charge is 0.341 e. The van der Waals surface area contributed by atoms with Gasteiger partial charge in [0.15, 0.2) is 11.6 Å². The molecular formula is C29H28F3N7O3. The summed E-state index contributed by atoms with van der Waals surface area (Å²) in [6.07, 6.45) is 3.03. The summed E-state index contributed by atoms with van der Waals surface area (Å²) in [7, 11) is 6.88. The molecule has 1 aliphatic heterocycles. The number of fused-ring (bicyclic) bond motifs is 4. The van der Waals surface area contributed by atoms with Crippen molar-refractivity contribution in [1.82, 2.24) is 24.4 Å². The summed E-state index contributed by atoms with van der Waals surface area (Å²) in [5.74, 6) is -3.86. The number of carbonyl (C=O) groups is 1. The summed E-state index contributed by atoms with van der Waals surface area (Å²) in [4.78, 5) is 40.6. The minimum Gasteiger partial charge on any atom is -0.477 e. The van der Waals surface area contributed by atoms with Crippen molar-refractivity contribution in [3.8, 4) is 11.1 Å². The van der Waals surface area contributed by atoms with Crippen LogP contribution in [0.15, 0.2) is 35.5 Å². The third-order valence-electron chi connectivity index (χ3n) is 7.87. The molecule has 3 N–H and O–H groups in total. The second kappa shape index (κ2) is 10.0. The number of carboxylic acids is 1. The Hall–Kier alpha value is -4.65. The third-order valence-corrected chi connectivity index (χ3v) is 7.87. The van der Waals surface area contributed by atoms with Gasteiger partial charge in [-0.15, -0.1) is 0 Å². The zero-order chi connectivity index (χ0) is 30.0. The van der Waals surface area contributed by atoms with Gasteiger partial charge in [-0.2, -0.15) is 0 Å². The Kier molecular flexibility index (Phi) is 6.56. The van der Waals surface area contributed by atoms with E-state index in [1.165, 1.54) is 29.2 Å². The molecule has 0 bridgehead atoms. The van der Waals surface area contributed by atoms with E-state index in [4.69, 9.17) is 0 Å². The molecule has 5 aromatic rings. The van der Waals surface area contributed by atoms with Gasteiger partial charge < -0.3 is 29.8 Å². The quantitative estimate of drug-likeness (QED) is 0.277. The molecule has 1 aromatic carbocycles. The van der Waals surface area contributed by atoms with Crippen molar-refractivity contribution in [2.24, 2.45) is 13.0 Å². The van der Waals surface area contributed by atoms with Gasteiger partial charge in [0.1, 0.15) is 23.0 Å². The van der Waals surface area contributed by atoms with E-state index in [1.807, 2.05) is 19.0 Å². The van der Waals surface area contributed by atoms with Crippen LogP contribution in [-0.4, -0.2) is 82.4 Å². The van der Waals surface area contributed by atoms with Crippen LogP contribution < -0.4 is 15.6 Å². The highest BCUT2D eigenvalue weighted by atomic mass is 19.2. The molecule has 0 amide bonds. The topological polar surface area (TPSA) is 119 Å². The van der Waals surface area contributed by atoms with Crippen LogP contribution in [0, 0.1) is 17.6 Å². The van der Waals surface area contributed by atoms with Crippen molar-refractivity contribution < 1.29 is 23.1 Å². The lowest BCUT2D eigenvalue weighted by molar-refractivity contribution is 0.0695. The Labute approximate surface area is 237 Å². The van der Waals surface area contributed by atoms with Gasteiger partial charge in [0.05, 0.1) is 33.1 Å². The lowest BCUT2D eigenvalue weighted by atomic mass is 10.0. The van der Waals surface area contributed by atoms with Crippen molar-refractivity contribution in [2.75, 3.05) is 51.0 Å². The number of hydrogen-bond donors (Lipinski definition) is 3. The number of rotatable bonds is 6. The molecular weight excluding hydrogens is 551 g/mol. The number of aryl methyl sites for hydroxylation is 1. The highest BCUT2D eigenvalue weighted by Crippen LogP contribution is 2.44. The number of aromatic amines is 1. The lowest BCUT2D eigenvalue weighted by Crippen LogP contribution is -2.28.